The lowest BCUT2D eigenvalue weighted by Crippen LogP contribution is -2.41. The van der Waals surface area contributed by atoms with Crippen LogP contribution >= 0.6 is 0 Å². The van der Waals surface area contributed by atoms with Crippen LogP contribution in [-0.4, -0.2) is 29.8 Å². The number of nitriles is 1. The summed E-state index contributed by atoms with van der Waals surface area (Å²) in [6, 6.07) is 21.1. The van der Waals surface area contributed by atoms with E-state index >= 15 is 0 Å². The van der Waals surface area contributed by atoms with Gasteiger partial charge in [0.2, 0.25) is 0 Å². The Morgan fingerprint density at radius 3 is 2.38 bits per heavy atom. The fourth-order valence-electron chi connectivity index (χ4n) is 3.46. The van der Waals surface area contributed by atoms with Gasteiger partial charge in [-0.1, -0.05) is 38.1 Å². The number of carbonyl (C=O) groups is 2. The predicted molar refractivity (Wildman–Crippen MR) is 130 cm³/mol. The topological polar surface area (TPSA) is 99.2 Å². The zero-order valence-electron chi connectivity index (χ0n) is 19.2. The molecule has 0 radical (unpaired) electrons. The molecule has 6 nitrogen and oxygen atoms in total. The molecule has 0 unspecified atom stereocenters. The summed E-state index contributed by atoms with van der Waals surface area (Å²) in [5.41, 5.74) is 7.94. The first-order valence-corrected chi connectivity index (χ1v) is 10.9. The molecule has 0 saturated carbocycles. The molecule has 0 heterocycles. The first-order chi connectivity index (χ1) is 16.2. The van der Waals surface area contributed by atoms with E-state index in [-0.39, 0.29) is 29.3 Å². The van der Waals surface area contributed by atoms with Crippen molar-refractivity contribution in [1.29, 1.82) is 5.26 Å². The zero-order chi connectivity index (χ0) is 24.7. The highest BCUT2D eigenvalue weighted by molar-refractivity contribution is 6.04. The molecule has 174 valence electrons. The van der Waals surface area contributed by atoms with Gasteiger partial charge in [0, 0.05) is 29.9 Å². The van der Waals surface area contributed by atoms with E-state index in [4.69, 9.17) is 11.0 Å². The van der Waals surface area contributed by atoms with Crippen molar-refractivity contribution in [3.63, 3.8) is 0 Å². The van der Waals surface area contributed by atoms with Crippen molar-refractivity contribution < 1.29 is 14.0 Å². The molecule has 0 saturated heterocycles. The summed E-state index contributed by atoms with van der Waals surface area (Å²) >= 11 is 0. The summed E-state index contributed by atoms with van der Waals surface area (Å²) in [4.78, 5) is 27.7. The number of hydrogen-bond acceptors (Lipinski definition) is 4. The smallest absolute Gasteiger partial charge is 0.255 e. The lowest BCUT2D eigenvalue weighted by Gasteiger charge is -2.32. The maximum atomic E-state index is 13.8. The van der Waals surface area contributed by atoms with Gasteiger partial charge in [-0.3, -0.25) is 9.59 Å². The molecule has 7 heteroatoms. The summed E-state index contributed by atoms with van der Waals surface area (Å²) in [6.45, 7) is 4.81. The van der Waals surface area contributed by atoms with Crippen LogP contribution in [0, 0.1) is 22.6 Å². The summed E-state index contributed by atoms with van der Waals surface area (Å²) in [5, 5.41) is 11.8. The van der Waals surface area contributed by atoms with E-state index in [1.165, 1.54) is 18.2 Å². The number of carbonyl (C=O) groups excluding carboxylic acids is 2. The molecule has 0 aliphatic rings. The van der Waals surface area contributed by atoms with Gasteiger partial charge in [-0.2, -0.15) is 5.26 Å². The minimum atomic E-state index is -0.487. The minimum absolute atomic E-state index is 0.197. The molecule has 3 aromatic carbocycles. The average Bonchev–Trinajstić information content (AvgIpc) is 2.84. The van der Waals surface area contributed by atoms with Gasteiger partial charge >= 0.3 is 0 Å². The van der Waals surface area contributed by atoms with Crippen LogP contribution in [0.15, 0.2) is 72.8 Å². The van der Waals surface area contributed by atoms with Crippen LogP contribution in [0.4, 0.5) is 10.1 Å². The zero-order valence-corrected chi connectivity index (χ0v) is 19.2. The van der Waals surface area contributed by atoms with Gasteiger partial charge in [0.25, 0.3) is 11.8 Å². The summed E-state index contributed by atoms with van der Waals surface area (Å²) in [7, 11) is 0. The quantitative estimate of drug-likeness (QED) is 0.516. The number of para-hydroxylation sites is 1. The second kappa shape index (κ2) is 10.7. The number of nitrogens with one attached hydrogen (secondary N) is 1. The standard InChI is InChI=1S/C27H27FN4O2/c1-27(2,17-30)18-32(26(34)21-7-5-8-23(28)14-21)16-22-6-3-4-9-24(22)31-25(33)20-12-10-19(15-29)11-13-20/h3-14H,16-18,30H2,1-2H3,(H,31,33). The van der Waals surface area contributed by atoms with Crippen LogP contribution in [0.3, 0.4) is 0 Å². The van der Waals surface area contributed by atoms with Gasteiger partial charge in [-0.15, -0.1) is 0 Å². The Balaban J connectivity index is 1.88. The van der Waals surface area contributed by atoms with Crippen LogP contribution in [0.5, 0.6) is 0 Å². The highest BCUT2D eigenvalue weighted by atomic mass is 19.1. The molecule has 0 atom stereocenters. The van der Waals surface area contributed by atoms with Gasteiger partial charge in [0.15, 0.2) is 0 Å². The molecule has 3 N–H and O–H groups in total. The summed E-state index contributed by atoms with van der Waals surface area (Å²) in [5.74, 6) is -1.14. The SMILES string of the molecule is CC(C)(CN)CN(Cc1ccccc1NC(=O)c1ccc(C#N)cc1)C(=O)c1cccc(F)c1. The van der Waals surface area contributed by atoms with E-state index in [1.54, 1.807) is 47.4 Å². The third kappa shape index (κ3) is 6.27. The third-order valence-corrected chi connectivity index (χ3v) is 5.43. The molecule has 0 bridgehead atoms. The number of nitrogens with two attached hydrogens (primary N) is 1. The molecular formula is C27H27FN4O2. The highest BCUT2D eigenvalue weighted by Gasteiger charge is 2.26. The Bertz CT molecular complexity index is 1220. The fraction of sp³-hybridized carbons (Fsp3) is 0.222. The maximum Gasteiger partial charge on any atom is 0.255 e. The Labute approximate surface area is 198 Å². The van der Waals surface area contributed by atoms with Crippen molar-refractivity contribution in [1.82, 2.24) is 4.90 Å². The monoisotopic (exact) mass is 458 g/mol. The maximum absolute atomic E-state index is 13.8. The normalized spacial score (nSPS) is 10.9. The number of halogens is 1. The molecule has 0 spiro atoms. The second-order valence-corrected chi connectivity index (χ2v) is 8.84. The van der Waals surface area contributed by atoms with Crippen LogP contribution in [0.25, 0.3) is 0 Å². The van der Waals surface area contributed by atoms with Crippen molar-refractivity contribution in [2.24, 2.45) is 11.1 Å². The lowest BCUT2D eigenvalue weighted by molar-refractivity contribution is 0.0673. The van der Waals surface area contributed by atoms with E-state index in [1.807, 2.05) is 32.0 Å². The number of amides is 2. The minimum Gasteiger partial charge on any atom is -0.334 e. The third-order valence-electron chi connectivity index (χ3n) is 5.43. The van der Waals surface area contributed by atoms with Crippen molar-refractivity contribution >= 4 is 17.5 Å². The second-order valence-electron chi connectivity index (χ2n) is 8.84. The van der Waals surface area contributed by atoms with E-state index in [0.717, 1.165) is 5.56 Å². The average molecular weight is 459 g/mol. The number of rotatable bonds is 8. The van der Waals surface area contributed by atoms with Crippen LogP contribution < -0.4 is 11.1 Å². The van der Waals surface area contributed by atoms with E-state index in [0.29, 0.717) is 29.9 Å². The highest BCUT2D eigenvalue weighted by Crippen LogP contribution is 2.23. The molecule has 0 aromatic heterocycles. The van der Waals surface area contributed by atoms with Crippen molar-refractivity contribution in [3.05, 3.63) is 101 Å². The van der Waals surface area contributed by atoms with Gasteiger partial charge in [-0.05, 0) is 66.1 Å². The van der Waals surface area contributed by atoms with Gasteiger partial charge in [-0.25, -0.2) is 4.39 Å². The van der Waals surface area contributed by atoms with E-state index in [2.05, 4.69) is 5.32 Å². The molecule has 3 rings (SSSR count). The van der Waals surface area contributed by atoms with Crippen LogP contribution in [0.1, 0.15) is 45.7 Å². The first kappa shape index (κ1) is 24.6. The Hall–Kier alpha value is -4.02. The van der Waals surface area contributed by atoms with Gasteiger partial charge < -0.3 is 16.0 Å². The van der Waals surface area contributed by atoms with Crippen molar-refractivity contribution in [3.8, 4) is 6.07 Å². The first-order valence-electron chi connectivity index (χ1n) is 10.9. The number of benzene rings is 3. The molecule has 34 heavy (non-hydrogen) atoms. The van der Waals surface area contributed by atoms with Gasteiger partial charge in [0.1, 0.15) is 5.82 Å². The number of hydrogen-bond donors (Lipinski definition) is 2. The molecule has 0 aliphatic heterocycles. The molecule has 0 aliphatic carbocycles. The van der Waals surface area contributed by atoms with Crippen molar-refractivity contribution in [2.75, 3.05) is 18.4 Å². The largest absolute Gasteiger partial charge is 0.334 e. The lowest BCUT2D eigenvalue weighted by atomic mass is 9.92. The summed E-state index contributed by atoms with van der Waals surface area (Å²) in [6.07, 6.45) is 0. The van der Waals surface area contributed by atoms with Crippen LogP contribution in [-0.2, 0) is 6.54 Å². The molecule has 3 aromatic rings. The molecule has 2 amide bonds. The van der Waals surface area contributed by atoms with Gasteiger partial charge in [0.05, 0.1) is 11.6 Å². The van der Waals surface area contributed by atoms with Crippen LogP contribution in [0.2, 0.25) is 0 Å². The van der Waals surface area contributed by atoms with E-state index in [9.17, 15) is 14.0 Å². The van der Waals surface area contributed by atoms with Crippen molar-refractivity contribution in [2.45, 2.75) is 20.4 Å². The Morgan fingerprint density at radius 1 is 1.03 bits per heavy atom. The Kier molecular flexibility index (Phi) is 7.77. The summed E-state index contributed by atoms with van der Waals surface area (Å²) < 4.78 is 13.8. The number of nitrogens with zero attached hydrogens (tertiary/aromatic N) is 2. The number of anilines is 1. The predicted octanol–water partition coefficient (Wildman–Crippen LogP) is 4.58. The Morgan fingerprint density at radius 2 is 1.74 bits per heavy atom. The molecular weight excluding hydrogens is 431 g/mol. The van der Waals surface area contributed by atoms with E-state index < -0.39 is 5.82 Å². The molecule has 0 fully saturated rings. The fourth-order valence-corrected chi connectivity index (χ4v) is 3.46.